The Bertz CT molecular complexity index is 897. The first-order valence-corrected chi connectivity index (χ1v) is 9.64. The molecule has 4 nitrogen and oxygen atoms in total. The maximum absolute atomic E-state index is 12.4. The van der Waals surface area contributed by atoms with Gasteiger partial charge in [0, 0.05) is 16.7 Å². The monoisotopic (exact) mass is 380 g/mol. The SMILES string of the molecule is CSCc1c(C(=O)OCC(=O)c2ccc(Cl)s2)oc2ccccc12. The number of Topliss-reactive ketones (excluding diaryl/α,β-unsaturated/α-hetero) is 1. The normalized spacial score (nSPS) is 10.9. The summed E-state index contributed by atoms with van der Waals surface area (Å²) in [5.41, 5.74) is 1.42. The van der Waals surface area contributed by atoms with E-state index in [0.717, 1.165) is 22.3 Å². The number of hydrogen-bond donors (Lipinski definition) is 0. The number of carbonyl (C=O) groups is 2. The van der Waals surface area contributed by atoms with Crippen LogP contribution in [0.2, 0.25) is 4.34 Å². The average molecular weight is 381 g/mol. The summed E-state index contributed by atoms with van der Waals surface area (Å²) in [5, 5.41) is 0.884. The minimum atomic E-state index is -0.633. The lowest BCUT2D eigenvalue weighted by molar-refractivity contribution is 0.0446. The zero-order chi connectivity index (χ0) is 17.1. The van der Waals surface area contributed by atoms with E-state index in [1.807, 2.05) is 24.5 Å². The average Bonchev–Trinajstić information content (AvgIpc) is 3.17. The number of fused-ring (bicyclic) bond motifs is 1. The highest BCUT2D eigenvalue weighted by atomic mass is 35.5. The standard InChI is InChI=1S/C17H13ClO4S2/c1-23-9-11-10-4-2-3-5-13(10)22-16(11)17(20)21-8-12(19)14-6-7-15(18)24-14/h2-7H,8-9H2,1H3. The summed E-state index contributed by atoms with van der Waals surface area (Å²) in [6.07, 6.45) is 1.95. The number of thioether (sulfide) groups is 1. The van der Waals surface area contributed by atoms with Crippen molar-refractivity contribution in [2.24, 2.45) is 0 Å². The summed E-state index contributed by atoms with van der Waals surface area (Å²) < 4.78 is 11.3. The fourth-order valence-electron chi connectivity index (χ4n) is 2.28. The predicted molar refractivity (Wildman–Crippen MR) is 97.4 cm³/mol. The first kappa shape index (κ1) is 17.1. The van der Waals surface area contributed by atoms with Crippen LogP contribution in [0.25, 0.3) is 11.0 Å². The van der Waals surface area contributed by atoms with Gasteiger partial charge in [-0.3, -0.25) is 4.79 Å². The molecule has 0 aliphatic rings. The molecular formula is C17H13ClO4S2. The predicted octanol–water partition coefficient (Wildman–Crippen LogP) is 5.05. The number of ketones is 1. The molecule has 24 heavy (non-hydrogen) atoms. The summed E-state index contributed by atoms with van der Waals surface area (Å²) in [6, 6.07) is 10.7. The summed E-state index contributed by atoms with van der Waals surface area (Å²) in [4.78, 5) is 24.8. The first-order chi connectivity index (χ1) is 11.6. The Morgan fingerprint density at radius 3 is 2.75 bits per heavy atom. The summed E-state index contributed by atoms with van der Waals surface area (Å²) >= 11 is 8.54. The molecule has 124 valence electrons. The minimum Gasteiger partial charge on any atom is -0.451 e. The van der Waals surface area contributed by atoms with E-state index in [4.69, 9.17) is 20.8 Å². The van der Waals surface area contributed by atoms with Crippen LogP contribution in [0.5, 0.6) is 0 Å². The number of para-hydroxylation sites is 1. The molecule has 2 aromatic heterocycles. The third-order valence-electron chi connectivity index (χ3n) is 3.35. The molecule has 3 rings (SSSR count). The fourth-order valence-corrected chi connectivity index (χ4v) is 3.83. The van der Waals surface area contributed by atoms with Crippen LogP contribution in [0.4, 0.5) is 0 Å². The second kappa shape index (κ2) is 7.42. The maximum atomic E-state index is 12.4. The van der Waals surface area contributed by atoms with Crippen LogP contribution in [0.15, 0.2) is 40.8 Å². The van der Waals surface area contributed by atoms with Crippen LogP contribution in [0, 0.1) is 0 Å². The highest BCUT2D eigenvalue weighted by Crippen LogP contribution is 2.29. The van der Waals surface area contributed by atoms with E-state index in [-0.39, 0.29) is 18.2 Å². The van der Waals surface area contributed by atoms with Crippen molar-refractivity contribution in [3.05, 3.63) is 56.9 Å². The molecule has 0 fully saturated rings. The van der Waals surface area contributed by atoms with Crippen LogP contribution in [-0.2, 0) is 10.5 Å². The number of esters is 1. The number of rotatable bonds is 6. The summed E-state index contributed by atoms with van der Waals surface area (Å²) in [6.45, 7) is -0.342. The molecule has 0 spiro atoms. The summed E-state index contributed by atoms with van der Waals surface area (Å²) in [5.74, 6) is -0.146. The molecule has 0 aliphatic heterocycles. The van der Waals surface area contributed by atoms with Crippen LogP contribution in [-0.4, -0.2) is 24.6 Å². The van der Waals surface area contributed by atoms with Crippen molar-refractivity contribution < 1.29 is 18.7 Å². The van der Waals surface area contributed by atoms with Gasteiger partial charge in [0.25, 0.3) is 0 Å². The Morgan fingerprint density at radius 2 is 2.04 bits per heavy atom. The zero-order valence-corrected chi connectivity index (χ0v) is 15.1. The number of benzene rings is 1. The number of thiophene rings is 1. The number of ether oxygens (including phenoxy) is 1. The van der Waals surface area contributed by atoms with Gasteiger partial charge < -0.3 is 9.15 Å². The quantitative estimate of drug-likeness (QED) is 0.442. The minimum absolute atomic E-state index is 0.155. The smallest absolute Gasteiger partial charge is 0.375 e. The lowest BCUT2D eigenvalue weighted by atomic mass is 10.1. The van der Waals surface area contributed by atoms with Gasteiger partial charge in [0.1, 0.15) is 5.58 Å². The molecule has 0 saturated carbocycles. The molecule has 0 atom stereocenters. The van der Waals surface area contributed by atoms with Crippen molar-refractivity contribution in [2.45, 2.75) is 5.75 Å². The van der Waals surface area contributed by atoms with Gasteiger partial charge in [-0.15, -0.1) is 11.3 Å². The third-order valence-corrected chi connectivity index (χ3v) is 5.20. The van der Waals surface area contributed by atoms with Gasteiger partial charge in [0.05, 0.1) is 9.21 Å². The molecule has 3 aromatic rings. The Balaban J connectivity index is 1.78. The van der Waals surface area contributed by atoms with Crippen LogP contribution >= 0.6 is 34.7 Å². The third kappa shape index (κ3) is 3.50. The molecule has 0 aliphatic carbocycles. The highest BCUT2D eigenvalue weighted by Gasteiger charge is 2.22. The van der Waals surface area contributed by atoms with E-state index in [2.05, 4.69) is 0 Å². The number of carbonyl (C=O) groups excluding carboxylic acids is 2. The van der Waals surface area contributed by atoms with Crippen molar-refractivity contribution in [2.75, 3.05) is 12.9 Å². The molecular weight excluding hydrogens is 368 g/mol. The molecule has 1 aromatic carbocycles. The van der Waals surface area contributed by atoms with Crippen LogP contribution in [0.1, 0.15) is 25.8 Å². The largest absolute Gasteiger partial charge is 0.451 e. The highest BCUT2D eigenvalue weighted by molar-refractivity contribution is 7.97. The number of furan rings is 1. The fraction of sp³-hybridized carbons (Fsp3) is 0.176. The second-order valence-electron chi connectivity index (χ2n) is 4.94. The maximum Gasteiger partial charge on any atom is 0.375 e. The first-order valence-electron chi connectivity index (χ1n) is 7.05. The molecule has 0 amide bonds. The lowest BCUT2D eigenvalue weighted by Gasteiger charge is -2.03. The Hall–Kier alpha value is -1.76. The van der Waals surface area contributed by atoms with Gasteiger partial charge in [-0.25, -0.2) is 4.79 Å². The Kier molecular flexibility index (Phi) is 5.28. The van der Waals surface area contributed by atoms with E-state index in [9.17, 15) is 9.59 Å². The molecule has 0 saturated heterocycles. The molecule has 0 unspecified atom stereocenters. The van der Waals surface area contributed by atoms with E-state index in [1.54, 1.807) is 30.0 Å². The van der Waals surface area contributed by atoms with E-state index >= 15 is 0 Å². The van der Waals surface area contributed by atoms with Gasteiger partial charge >= 0.3 is 5.97 Å². The van der Waals surface area contributed by atoms with Crippen LogP contribution < -0.4 is 0 Å². The van der Waals surface area contributed by atoms with Crippen LogP contribution in [0.3, 0.4) is 0 Å². The Morgan fingerprint density at radius 1 is 1.25 bits per heavy atom. The second-order valence-corrected chi connectivity index (χ2v) is 7.52. The van der Waals surface area contributed by atoms with Gasteiger partial charge in [-0.2, -0.15) is 11.8 Å². The van der Waals surface area contributed by atoms with Gasteiger partial charge in [0.15, 0.2) is 6.61 Å². The topological polar surface area (TPSA) is 56.5 Å². The Labute approximate surface area is 151 Å². The molecule has 2 heterocycles. The lowest BCUT2D eigenvalue weighted by Crippen LogP contribution is -2.14. The molecule has 0 radical (unpaired) electrons. The van der Waals surface area contributed by atoms with E-state index in [1.165, 1.54) is 0 Å². The number of hydrogen-bond acceptors (Lipinski definition) is 6. The molecule has 7 heteroatoms. The van der Waals surface area contributed by atoms with Gasteiger partial charge in [0.2, 0.25) is 11.5 Å². The van der Waals surface area contributed by atoms with Crippen molar-refractivity contribution in [1.82, 2.24) is 0 Å². The summed E-state index contributed by atoms with van der Waals surface area (Å²) in [7, 11) is 0. The zero-order valence-electron chi connectivity index (χ0n) is 12.7. The van der Waals surface area contributed by atoms with Crippen molar-refractivity contribution in [1.29, 1.82) is 0 Å². The molecule has 0 N–H and O–H groups in total. The van der Waals surface area contributed by atoms with Crippen molar-refractivity contribution in [3.8, 4) is 0 Å². The van der Waals surface area contributed by atoms with Crippen molar-refractivity contribution in [3.63, 3.8) is 0 Å². The molecule has 0 bridgehead atoms. The van der Waals surface area contributed by atoms with Gasteiger partial charge in [-0.05, 0) is 24.5 Å². The number of halogens is 1. The van der Waals surface area contributed by atoms with Crippen molar-refractivity contribution >= 4 is 57.4 Å². The van der Waals surface area contributed by atoms with Gasteiger partial charge in [-0.1, -0.05) is 29.8 Å². The van der Waals surface area contributed by atoms with E-state index < -0.39 is 5.97 Å². The van der Waals surface area contributed by atoms with E-state index in [0.29, 0.717) is 20.5 Å².